The average molecular weight is 265 g/mol. The lowest BCUT2D eigenvalue weighted by Crippen LogP contribution is -2.04. The van der Waals surface area contributed by atoms with Crippen LogP contribution in [-0.2, 0) is 0 Å². The van der Waals surface area contributed by atoms with Gasteiger partial charge in [-0.2, -0.15) is 0 Å². The molecule has 0 heterocycles. The summed E-state index contributed by atoms with van der Waals surface area (Å²) in [6.07, 6.45) is 8.14. The number of aryl methyl sites for hydroxylation is 1. The molecule has 0 N–H and O–H groups in total. The molecule has 1 aromatic rings. The lowest BCUT2D eigenvalue weighted by Gasteiger charge is -2.19. The van der Waals surface area contributed by atoms with Gasteiger partial charge in [-0.25, -0.2) is 0 Å². The number of terminal acetylenes is 1. The molecule has 1 nitrogen and oxygen atoms in total. The third-order valence-electron chi connectivity index (χ3n) is 3.05. The molecule has 0 saturated carbocycles. The van der Waals surface area contributed by atoms with Gasteiger partial charge in [-0.05, 0) is 48.9 Å². The van der Waals surface area contributed by atoms with Crippen molar-refractivity contribution >= 4 is 11.6 Å². The summed E-state index contributed by atoms with van der Waals surface area (Å²) in [5.41, 5.74) is 2.18. The van der Waals surface area contributed by atoms with E-state index in [1.54, 1.807) is 0 Å². The number of benzene rings is 1. The summed E-state index contributed by atoms with van der Waals surface area (Å²) >= 11 is 6.21. The molecule has 0 aromatic heterocycles. The maximum absolute atomic E-state index is 6.21. The second kappa shape index (κ2) is 7.34. The molecule has 18 heavy (non-hydrogen) atoms. The van der Waals surface area contributed by atoms with Crippen molar-refractivity contribution in [3.63, 3.8) is 0 Å². The Hall–Kier alpha value is -1.13. The van der Waals surface area contributed by atoms with Crippen LogP contribution in [0.15, 0.2) is 12.1 Å². The van der Waals surface area contributed by atoms with Crippen molar-refractivity contribution < 1.29 is 4.74 Å². The van der Waals surface area contributed by atoms with Crippen molar-refractivity contribution in [1.29, 1.82) is 0 Å². The summed E-state index contributed by atoms with van der Waals surface area (Å²) in [5.74, 6) is 3.99. The summed E-state index contributed by atoms with van der Waals surface area (Å²) < 4.78 is 5.82. The molecule has 2 heteroatoms. The Morgan fingerprint density at radius 1 is 1.39 bits per heavy atom. The maximum Gasteiger partial charge on any atom is 0.123 e. The highest BCUT2D eigenvalue weighted by Gasteiger charge is 2.16. The fourth-order valence-electron chi connectivity index (χ4n) is 1.94. The second-order valence-corrected chi connectivity index (χ2v) is 4.91. The zero-order valence-corrected chi connectivity index (χ0v) is 12.2. The average Bonchev–Trinajstić information content (AvgIpc) is 2.37. The maximum atomic E-state index is 6.21. The van der Waals surface area contributed by atoms with Gasteiger partial charge in [0.25, 0.3) is 0 Å². The van der Waals surface area contributed by atoms with Crippen LogP contribution in [0.5, 0.6) is 5.75 Å². The van der Waals surface area contributed by atoms with Crippen LogP contribution >= 0.6 is 11.6 Å². The Bertz CT molecular complexity index is 431. The molecular weight excluding hydrogens is 244 g/mol. The zero-order valence-electron chi connectivity index (χ0n) is 11.4. The third-order valence-corrected chi connectivity index (χ3v) is 3.46. The molecule has 0 fully saturated rings. The largest absolute Gasteiger partial charge is 0.493 e. The first-order valence-electron chi connectivity index (χ1n) is 6.50. The molecule has 1 aromatic carbocycles. The lowest BCUT2D eigenvalue weighted by atomic mass is 9.92. The van der Waals surface area contributed by atoms with Crippen molar-refractivity contribution in [2.75, 3.05) is 6.61 Å². The summed E-state index contributed by atoms with van der Waals surface area (Å²) in [6.45, 7) is 6.95. The van der Waals surface area contributed by atoms with Gasteiger partial charge in [-0.1, -0.05) is 25.4 Å². The van der Waals surface area contributed by atoms with E-state index in [-0.39, 0.29) is 0 Å². The number of hydrogen-bond acceptors (Lipinski definition) is 1. The molecule has 0 radical (unpaired) electrons. The van der Waals surface area contributed by atoms with Gasteiger partial charge in [0.05, 0.1) is 6.61 Å². The van der Waals surface area contributed by atoms with Crippen LogP contribution < -0.4 is 4.74 Å². The van der Waals surface area contributed by atoms with E-state index in [9.17, 15) is 0 Å². The van der Waals surface area contributed by atoms with Gasteiger partial charge >= 0.3 is 0 Å². The molecule has 0 amide bonds. The van der Waals surface area contributed by atoms with Crippen LogP contribution in [-0.4, -0.2) is 6.61 Å². The first kappa shape index (κ1) is 14.9. The van der Waals surface area contributed by atoms with E-state index < -0.39 is 0 Å². The minimum Gasteiger partial charge on any atom is -0.493 e. The van der Waals surface area contributed by atoms with Crippen molar-refractivity contribution in [2.45, 2.75) is 46.0 Å². The van der Waals surface area contributed by atoms with Gasteiger partial charge in [0.15, 0.2) is 0 Å². The van der Waals surface area contributed by atoms with E-state index in [2.05, 4.69) is 19.8 Å². The highest BCUT2D eigenvalue weighted by Crippen LogP contribution is 2.35. The Kier molecular flexibility index (Phi) is 6.09. The third kappa shape index (κ3) is 3.68. The predicted octanol–water partition coefficient (Wildman–Crippen LogP) is 4.95. The van der Waals surface area contributed by atoms with Gasteiger partial charge in [0.1, 0.15) is 5.75 Å². The first-order valence-corrected chi connectivity index (χ1v) is 6.88. The molecule has 0 bridgehead atoms. The molecule has 98 valence electrons. The molecule has 1 unspecified atom stereocenters. The Balaban J connectivity index is 3.13. The van der Waals surface area contributed by atoms with E-state index in [1.807, 2.05) is 19.1 Å². The van der Waals surface area contributed by atoms with Gasteiger partial charge < -0.3 is 4.74 Å². The van der Waals surface area contributed by atoms with Crippen LogP contribution in [0, 0.1) is 19.3 Å². The molecule has 0 aliphatic heterocycles. The van der Waals surface area contributed by atoms with Crippen molar-refractivity contribution in [1.82, 2.24) is 0 Å². The number of halogens is 1. The molecule has 0 spiro atoms. The SMILES string of the molecule is C#CCC(CC)c1cc(Cl)c(C)cc1OCCC. The topological polar surface area (TPSA) is 9.23 Å². The first-order chi connectivity index (χ1) is 8.63. The summed E-state index contributed by atoms with van der Waals surface area (Å²) in [4.78, 5) is 0. The Morgan fingerprint density at radius 3 is 2.67 bits per heavy atom. The summed E-state index contributed by atoms with van der Waals surface area (Å²) in [6, 6.07) is 4.03. The van der Waals surface area contributed by atoms with Crippen LogP contribution in [0.3, 0.4) is 0 Å². The van der Waals surface area contributed by atoms with Crippen molar-refractivity contribution in [3.8, 4) is 18.1 Å². The highest BCUT2D eigenvalue weighted by atomic mass is 35.5. The fraction of sp³-hybridized carbons (Fsp3) is 0.500. The van der Waals surface area contributed by atoms with E-state index in [0.29, 0.717) is 5.92 Å². The van der Waals surface area contributed by atoms with Gasteiger partial charge in [0.2, 0.25) is 0 Å². The van der Waals surface area contributed by atoms with E-state index in [4.69, 9.17) is 22.8 Å². The molecule has 0 aliphatic carbocycles. The zero-order chi connectivity index (χ0) is 13.5. The van der Waals surface area contributed by atoms with E-state index in [1.165, 1.54) is 0 Å². The summed E-state index contributed by atoms with van der Waals surface area (Å²) in [5, 5.41) is 0.782. The van der Waals surface area contributed by atoms with Crippen LogP contribution in [0.2, 0.25) is 5.02 Å². The fourth-order valence-corrected chi connectivity index (χ4v) is 2.12. The summed E-state index contributed by atoms with van der Waals surface area (Å²) in [7, 11) is 0. The smallest absolute Gasteiger partial charge is 0.123 e. The van der Waals surface area contributed by atoms with Crippen LogP contribution in [0.25, 0.3) is 0 Å². The quantitative estimate of drug-likeness (QED) is 0.660. The van der Waals surface area contributed by atoms with Gasteiger partial charge in [-0.3, -0.25) is 0 Å². The number of rotatable bonds is 6. The molecular formula is C16H21ClO. The van der Waals surface area contributed by atoms with E-state index in [0.717, 1.165) is 47.8 Å². The number of hydrogen-bond donors (Lipinski definition) is 0. The molecule has 0 saturated heterocycles. The highest BCUT2D eigenvalue weighted by molar-refractivity contribution is 6.31. The van der Waals surface area contributed by atoms with Crippen LogP contribution in [0.1, 0.15) is 50.2 Å². The van der Waals surface area contributed by atoms with Gasteiger partial charge in [-0.15, -0.1) is 12.3 Å². The Morgan fingerprint density at radius 2 is 2.11 bits per heavy atom. The predicted molar refractivity (Wildman–Crippen MR) is 78.5 cm³/mol. The second-order valence-electron chi connectivity index (χ2n) is 4.50. The number of ether oxygens (including phenoxy) is 1. The van der Waals surface area contributed by atoms with Crippen molar-refractivity contribution in [2.24, 2.45) is 0 Å². The molecule has 1 atom stereocenters. The minimum atomic E-state index is 0.319. The van der Waals surface area contributed by atoms with Crippen LogP contribution in [0.4, 0.5) is 0 Å². The standard InChI is InChI=1S/C16H21ClO/c1-5-8-13(7-3)14-11-15(17)12(4)10-16(14)18-9-6-2/h1,10-11,13H,6-9H2,2-4H3. The van der Waals surface area contributed by atoms with E-state index >= 15 is 0 Å². The van der Waals surface area contributed by atoms with Gasteiger partial charge in [0, 0.05) is 11.4 Å². The molecule has 0 aliphatic rings. The Labute approximate surface area is 115 Å². The lowest BCUT2D eigenvalue weighted by molar-refractivity contribution is 0.311. The monoisotopic (exact) mass is 264 g/mol. The minimum absolute atomic E-state index is 0.319. The van der Waals surface area contributed by atoms with Crippen molar-refractivity contribution in [3.05, 3.63) is 28.3 Å². The normalized spacial score (nSPS) is 11.9. The molecule has 1 rings (SSSR count).